The van der Waals surface area contributed by atoms with E-state index >= 15 is 0 Å². The molecule has 0 saturated carbocycles. The number of nitrogens with zero attached hydrogens (tertiary/aromatic N) is 1. The quantitative estimate of drug-likeness (QED) is 0.650. The highest BCUT2D eigenvalue weighted by molar-refractivity contribution is 4.93. The van der Waals surface area contributed by atoms with Crippen LogP contribution in [0.4, 0.5) is 0 Å². The molecule has 0 bridgehead atoms. The lowest BCUT2D eigenvalue weighted by atomic mass is 9.81. The summed E-state index contributed by atoms with van der Waals surface area (Å²) in [4.78, 5) is 2.75. The molecule has 0 aliphatic carbocycles. The highest BCUT2D eigenvalue weighted by atomic mass is 15.2. The molecule has 18 heavy (non-hydrogen) atoms. The second-order valence-electron chi connectivity index (χ2n) is 6.02. The van der Waals surface area contributed by atoms with Crippen LogP contribution in [0.3, 0.4) is 0 Å². The van der Waals surface area contributed by atoms with Gasteiger partial charge >= 0.3 is 0 Å². The van der Waals surface area contributed by atoms with Gasteiger partial charge in [-0.25, -0.2) is 0 Å². The Hall–Kier alpha value is -0.120. The van der Waals surface area contributed by atoms with Crippen LogP contribution in [0, 0.1) is 5.92 Å². The van der Waals surface area contributed by atoms with Gasteiger partial charge < -0.3 is 10.6 Å². The van der Waals surface area contributed by atoms with E-state index in [4.69, 9.17) is 0 Å². The van der Waals surface area contributed by atoms with Gasteiger partial charge in [0.25, 0.3) is 0 Å². The van der Waals surface area contributed by atoms with Gasteiger partial charge in [0.2, 0.25) is 0 Å². The van der Waals surface area contributed by atoms with Crippen LogP contribution in [-0.2, 0) is 0 Å². The summed E-state index contributed by atoms with van der Waals surface area (Å²) < 4.78 is 0. The minimum Gasteiger partial charge on any atom is -0.317 e. The van der Waals surface area contributed by atoms with E-state index in [1.54, 1.807) is 0 Å². The molecular weight excluding hydrogens is 222 g/mol. The maximum absolute atomic E-state index is 3.51. The number of piperazine rings is 1. The first-order valence-electron chi connectivity index (χ1n) is 7.81. The van der Waals surface area contributed by atoms with Gasteiger partial charge in [0.05, 0.1) is 0 Å². The van der Waals surface area contributed by atoms with Crippen molar-refractivity contribution in [1.29, 1.82) is 0 Å². The molecule has 2 N–H and O–H groups in total. The number of hydrogen-bond acceptors (Lipinski definition) is 3. The largest absolute Gasteiger partial charge is 0.317 e. The van der Waals surface area contributed by atoms with Crippen LogP contribution < -0.4 is 10.6 Å². The van der Waals surface area contributed by atoms with Gasteiger partial charge in [-0.05, 0) is 38.3 Å². The molecule has 0 aromatic rings. The average Bonchev–Trinajstić information content (AvgIpc) is 2.38. The maximum Gasteiger partial charge on any atom is 0.0222 e. The van der Waals surface area contributed by atoms with Crippen molar-refractivity contribution in [3.05, 3.63) is 0 Å². The molecule has 3 heteroatoms. The summed E-state index contributed by atoms with van der Waals surface area (Å²) in [5.74, 6) is 0.779. The Balaban J connectivity index is 2.68. The summed E-state index contributed by atoms with van der Waals surface area (Å²) in [6, 6.07) is 0. The molecule has 0 aromatic carbocycles. The molecule has 0 aromatic heterocycles. The number of nitrogens with one attached hydrogen (secondary N) is 2. The molecule has 3 nitrogen and oxygen atoms in total. The molecule has 1 saturated heterocycles. The highest BCUT2D eigenvalue weighted by Gasteiger charge is 2.35. The highest BCUT2D eigenvalue weighted by Crippen LogP contribution is 2.31. The fourth-order valence-corrected chi connectivity index (χ4v) is 3.33. The number of hydrogen-bond donors (Lipinski definition) is 2. The predicted molar refractivity (Wildman–Crippen MR) is 80.1 cm³/mol. The van der Waals surface area contributed by atoms with Crippen molar-refractivity contribution in [3.8, 4) is 0 Å². The minimum atomic E-state index is 0.415. The van der Waals surface area contributed by atoms with E-state index in [1.807, 2.05) is 0 Å². The van der Waals surface area contributed by atoms with Gasteiger partial charge in [0.15, 0.2) is 0 Å². The Morgan fingerprint density at radius 1 is 1.22 bits per heavy atom. The Labute approximate surface area is 114 Å². The summed E-state index contributed by atoms with van der Waals surface area (Å²) in [6.07, 6.45) is 3.89. The molecule has 1 rings (SSSR count). The molecule has 1 heterocycles. The second-order valence-corrected chi connectivity index (χ2v) is 6.02. The van der Waals surface area contributed by atoms with E-state index in [9.17, 15) is 0 Å². The Morgan fingerprint density at radius 2 is 1.89 bits per heavy atom. The first kappa shape index (κ1) is 15.9. The fraction of sp³-hybridized carbons (Fsp3) is 1.00. The zero-order chi connectivity index (χ0) is 13.4. The lowest BCUT2D eigenvalue weighted by Crippen LogP contribution is -2.57. The smallest absolute Gasteiger partial charge is 0.0222 e. The van der Waals surface area contributed by atoms with Crippen molar-refractivity contribution in [3.63, 3.8) is 0 Å². The molecule has 1 atom stereocenters. The maximum atomic E-state index is 3.51. The molecule has 0 spiro atoms. The molecule has 1 unspecified atom stereocenters. The van der Waals surface area contributed by atoms with Crippen molar-refractivity contribution in [2.24, 2.45) is 5.92 Å². The van der Waals surface area contributed by atoms with Gasteiger partial charge in [-0.15, -0.1) is 0 Å². The zero-order valence-corrected chi connectivity index (χ0v) is 12.9. The third kappa shape index (κ3) is 4.52. The average molecular weight is 255 g/mol. The predicted octanol–water partition coefficient (Wildman–Crippen LogP) is 2.09. The van der Waals surface area contributed by atoms with Crippen LogP contribution in [0.25, 0.3) is 0 Å². The van der Waals surface area contributed by atoms with Gasteiger partial charge in [0.1, 0.15) is 0 Å². The summed E-state index contributed by atoms with van der Waals surface area (Å²) in [7, 11) is 0. The summed E-state index contributed by atoms with van der Waals surface area (Å²) >= 11 is 0. The lowest BCUT2D eigenvalue weighted by molar-refractivity contribution is 0.0427. The van der Waals surface area contributed by atoms with Crippen LogP contribution in [0.15, 0.2) is 0 Å². The Kier molecular flexibility index (Phi) is 7.20. The van der Waals surface area contributed by atoms with Crippen molar-refractivity contribution in [1.82, 2.24) is 15.5 Å². The second kappa shape index (κ2) is 8.13. The first-order valence-corrected chi connectivity index (χ1v) is 7.81. The van der Waals surface area contributed by atoms with E-state index in [0.717, 1.165) is 32.1 Å². The standard InChI is InChI=1S/C15H33N3/c1-5-15(13-14(3)4,7-8-16-6-2)18-11-9-17-10-12-18/h14,16-17H,5-13H2,1-4H3. The summed E-state index contributed by atoms with van der Waals surface area (Å²) in [5, 5.41) is 6.98. The van der Waals surface area contributed by atoms with E-state index in [1.165, 1.54) is 32.4 Å². The molecule has 1 aliphatic rings. The normalized spacial score (nSPS) is 21.2. The van der Waals surface area contributed by atoms with Crippen molar-refractivity contribution in [2.45, 2.75) is 52.5 Å². The van der Waals surface area contributed by atoms with Crippen molar-refractivity contribution in [2.75, 3.05) is 39.3 Å². The van der Waals surface area contributed by atoms with Gasteiger partial charge in [-0.2, -0.15) is 0 Å². The van der Waals surface area contributed by atoms with Crippen molar-refractivity contribution >= 4 is 0 Å². The molecular formula is C15H33N3. The minimum absolute atomic E-state index is 0.415. The first-order chi connectivity index (χ1) is 8.64. The Bertz CT molecular complexity index is 212. The SMILES string of the molecule is CCNCCC(CC)(CC(C)C)N1CCNCC1. The van der Waals surface area contributed by atoms with E-state index < -0.39 is 0 Å². The van der Waals surface area contributed by atoms with Gasteiger partial charge in [-0.1, -0.05) is 27.7 Å². The van der Waals surface area contributed by atoms with Crippen LogP contribution in [0.1, 0.15) is 47.0 Å². The van der Waals surface area contributed by atoms with E-state index in [0.29, 0.717) is 5.54 Å². The van der Waals surface area contributed by atoms with Crippen LogP contribution in [0.5, 0.6) is 0 Å². The lowest BCUT2D eigenvalue weighted by Gasteiger charge is -2.47. The molecule has 0 amide bonds. The monoisotopic (exact) mass is 255 g/mol. The topological polar surface area (TPSA) is 27.3 Å². The molecule has 1 fully saturated rings. The molecule has 1 aliphatic heterocycles. The fourth-order valence-electron chi connectivity index (χ4n) is 3.33. The zero-order valence-electron chi connectivity index (χ0n) is 12.9. The third-order valence-electron chi connectivity index (χ3n) is 4.25. The molecule has 0 radical (unpaired) electrons. The van der Waals surface area contributed by atoms with Crippen molar-refractivity contribution < 1.29 is 0 Å². The Morgan fingerprint density at radius 3 is 2.39 bits per heavy atom. The van der Waals surface area contributed by atoms with Crippen LogP contribution in [0.2, 0.25) is 0 Å². The third-order valence-corrected chi connectivity index (χ3v) is 4.25. The van der Waals surface area contributed by atoms with Gasteiger partial charge in [0, 0.05) is 31.7 Å². The summed E-state index contributed by atoms with van der Waals surface area (Å²) in [5.41, 5.74) is 0.415. The summed E-state index contributed by atoms with van der Waals surface area (Å²) in [6.45, 7) is 16.3. The van der Waals surface area contributed by atoms with Crippen LogP contribution >= 0.6 is 0 Å². The van der Waals surface area contributed by atoms with E-state index in [2.05, 4.69) is 43.2 Å². The number of rotatable bonds is 8. The van der Waals surface area contributed by atoms with Crippen LogP contribution in [-0.4, -0.2) is 49.7 Å². The van der Waals surface area contributed by atoms with Gasteiger partial charge in [-0.3, -0.25) is 4.90 Å². The molecule has 108 valence electrons. The van der Waals surface area contributed by atoms with E-state index in [-0.39, 0.29) is 0 Å².